The third-order valence-corrected chi connectivity index (χ3v) is 4.13. The number of hydrogen-bond acceptors (Lipinski definition) is 6. The highest BCUT2D eigenvalue weighted by molar-refractivity contribution is 6.01. The van der Waals surface area contributed by atoms with Gasteiger partial charge in [0.15, 0.2) is 16.9 Å². The van der Waals surface area contributed by atoms with Crippen molar-refractivity contribution in [1.29, 1.82) is 0 Å². The van der Waals surface area contributed by atoms with Gasteiger partial charge in [-0.3, -0.25) is 0 Å². The molecule has 26 heavy (non-hydrogen) atoms. The summed E-state index contributed by atoms with van der Waals surface area (Å²) in [5.41, 5.74) is 0.764. The molecule has 4 rings (SSSR count). The molecule has 0 saturated heterocycles. The molecule has 0 aliphatic rings. The van der Waals surface area contributed by atoms with Gasteiger partial charge in [0.2, 0.25) is 5.52 Å². The molecule has 2 heterocycles. The molecule has 0 aliphatic carbocycles. The minimum Gasteiger partial charge on any atom is -0.710 e. The van der Waals surface area contributed by atoms with E-state index in [1.54, 1.807) is 36.4 Å². The summed E-state index contributed by atoms with van der Waals surface area (Å²) in [7, 11) is 3.05. The SMILES string of the molecule is COc1ccc(-c2nc3c(c[n+]2[O-])c(=O)oc2ccccc23)cc1OC. The smallest absolute Gasteiger partial charge is 0.351 e. The third kappa shape index (κ3) is 2.41. The monoisotopic (exact) mass is 350 g/mol. The zero-order chi connectivity index (χ0) is 18.3. The molecule has 7 heteroatoms. The normalized spacial score (nSPS) is 11.0. The van der Waals surface area contributed by atoms with Gasteiger partial charge in [-0.15, -0.1) is 0 Å². The molecular formula is C19H14N2O5. The largest absolute Gasteiger partial charge is 0.710 e. The molecule has 0 bridgehead atoms. The van der Waals surface area contributed by atoms with Crippen LogP contribution < -0.4 is 19.8 Å². The van der Waals surface area contributed by atoms with Gasteiger partial charge in [0.1, 0.15) is 11.8 Å². The molecule has 2 aromatic heterocycles. The molecular weight excluding hydrogens is 336 g/mol. The summed E-state index contributed by atoms with van der Waals surface area (Å²) < 4.78 is 16.3. The van der Waals surface area contributed by atoms with Gasteiger partial charge in [-0.25, -0.2) is 9.52 Å². The fraction of sp³-hybridized carbons (Fsp3) is 0.105. The van der Waals surface area contributed by atoms with Crippen molar-refractivity contribution in [1.82, 2.24) is 4.98 Å². The Morgan fingerprint density at radius 3 is 2.58 bits per heavy atom. The number of rotatable bonds is 3. The van der Waals surface area contributed by atoms with E-state index in [4.69, 9.17) is 13.9 Å². The van der Waals surface area contributed by atoms with Crippen molar-refractivity contribution in [3.05, 3.63) is 64.3 Å². The Morgan fingerprint density at radius 2 is 1.81 bits per heavy atom. The van der Waals surface area contributed by atoms with E-state index in [0.717, 1.165) is 0 Å². The predicted octanol–water partition coefficient (Wildman–Crippen LogP) is 2.66. The van der Waals surface area contributed by atoms with E-state index in [2.05, 4.69) is 4.98 Å². The number of methoxy groups -OCH3 is 2. The second kappa shape index (κ2) is 6.03. The van der Waals surface area contributed by atoms with Crippen molar-refractivity contribution >= 4 is 21.9 Å². The van der Waals surface area contributed by atoms with E-state index in [9.17, 15) is 10.0 Å². The topological polar surface area (TPSA) is 88.5 Å². The van der Waals surface area contributed by atoms with E-state index in [0.29, 0.717) is 38.3 Å². The summed E-state index contributed by atoms with van der Waals surface area (Å²) in [6.45, 7) is 0. The Kier molecular flexibility index (Phi) is 3.69. The summed E-state index contributed by atoms with van der Waals surface area (Å²) in [6, 6.07) is 12.1. The van der Waals surface area contributed by atoms with Crippen LogP contribution in [0.5, 0.6) is 11.5 Å². The minimum absolute atomic E-state index is 0.128. The first-order valence-corrected chi connectivity index (χ1v) is 7.80. The molecule has 0 saturated carbocycles. The Bertz CT molecular complexity index is 1200. The van der Waals surface area contributed by atoms with Crippen LogP contribution in [-0.4, -0.2) is 19.2 Å². The van der Waals surface area contributed by atoms with E-state index in [1.165, 1.54) is 20.4 Å². The van der Waals surface area contributed by atoms with Crippen LogP contribution in [0.3, 0.4) is 0 Å². The molecule has 0 atom stereocenters. The van der Waals surface area contributed by atoms with Crippen LogP contribution in [0.15, 0.2) is 57.9 Å². The first-order valence-electron chi connectivity index (χ1n) is 7.80. The van der Waals surface area contributed by atoms with Crippen molar-refractivity contribution in [2.75, 3.05) is 14.2 Å². The van der Waals surface area contributed by atoms with Crippen molar-refractivity contribution in [3.8, 4) is 22.9 Å². The van der Waals surface area contributed by atoms with Crippen molar-refractivity contribution < 1.29 is 18.6 Å². The Balaban J connectivity index is 2.03. The lowest BCUT2D eigenvalue weighted by atomic mass is 10.1. The van der Waals surface area contributed by atoms with Crippen LogP contribution in [0.2, 0.25) is 0 Å². The second-order valence-electron chi connectivity index (χ2n) is 5.61. The van der Waals surface area contributed by atoms with Gasteiger partial charge in [0.25, 0.3) is 0 Å². The number of nitrogens with zero attached hydrogens (tertiary/aromatic N) is 2. The van der Waals surface area contributed by atoms with Crippen molar-refractivity contribution in [2.24, 2.45) is 0 Å². The number of aromatic nitrogens is 2. The number of fused-ring (bicyclic) bond motifs is 3. The Labute approximate surface area is 147 Å². The van der Waals surface area contributed by atoms with Crippen LogP contribution >= 0.6 is 0 Å². The fourth-order valence-corrected chi connectivity index (χ4v) is 2.88. The van der Waals surface area contributed by atoms with Crippen LogP contribution in [0.1, 0.15) is 0 Å². The predicted molar refractivity (Wildman–Crippen MR) is 95.3 cm³/mol. The average Bonchev–Trinajstić information content (AvgIpc) is 2.67. The molecule has 4 aromatic rings. The van der Waals surface area contributed by atoms with Gasteiger partial charge >= 0.3 is 11.4 Å². The first-order chi connectivity index (χ1) is 12.6. The van der Waals surface area contributed by atoms with Gasteiger partial charge in [-0.2, -0.15) is 0 Å². The maximum atomic E-state index is 12.5. The lowest BCUT2D eigenvalue weighted by Crippen LogP contribution is -2.31. The van der Waals surface area contributed by atoms with Gasteiger partial charge in [-0.1, -0.05) is 12.1 Å². The van der Waals surface area contributed by atoms with Gasteiger partial charge in [0.05, 0.1) is 25.2 Å². The van der Waals surface area contributed by atoms with E-state index < -0.39 is 5.63 Å². The van der Waals surface area contributed by atoms with E-state index in [1.807, 2.05) is 6.07 Å². The van der Waals surface area contributed by atoms with Gasteiger partial charge in [-0.05, 0) is 35.3 Å². The molecule has 0 unspecified atom stereocenters. The summed E-state index contributed by atoms with van der Waals surface area (Å²) >= 11 is 0. The quantitative estimate of drug-likeness (QED) is 0.244. The highest BCUT2D eigenvalue weighted by Crippen LogP contribution is 2.31. The van der Waals surface area contributed by atoms with E-state index in [-0.39, 0.29) is 11.2 Å². The summed E-state index contributed by atoms with van der Waals surface area (Å²) in [6.07, 6.45) is 1.19. The average molecular weight is 350 g/mol. The Morgan fingerprint density at radius 1 is 1.04 bits per heavy atom. The standard InChI is InChI=1S/C19H14N2O5/c1-24-15-8-7-11(9-16(15)25-2)18-20-17-12-5-3-4-6-14(12)26-19(22)13(17)10-21(18)23/h3-10H,1-2H3. The molecule has 0 N–H and O–H groups in total. The zero-order valence-electron chi connectivity index (χ0n) is 14.1. The number of hydrogen-bond donors (Lipinski definition) is 0. The summed E-state index contributed by atoms with van der Waals surface area (Å²) in [4.78, 5) is 16.6. The highest BCUT2D eigenvalue weighted by atomic mass is 16.5. The van der Waals surface area contributed by atoms with Crippen LogP contribution in [-0.2, 0) is 0 Å². The van der Waals surface area contributed by atoms with Gasteiger partial charge in [0, 0.05) is 0 Å². The first kappa shape index (κ1) is 15.9. The third-order valence-electron chi connectivity index (χ3n) is 4.13. The van der Waals surface area contributed by atoms with Crippen LogP contribution in [0, 0.1) is 5.21 Å². The molecule has 7 nitrogen and oxygen atoms in total. The highest BCUT2D eigenvalue weighted by Gasteiger charge is 2.20. The molecule has 0 radical (unpaired) electrons. The maximum Gasteiger partial charge on any atom is 0.351 e. The molecule has 0 amide bonds. The zero-order valence-corrected chi connectivity index (χ0v) is 14.1. The van der Waals surface area contributed by atoms with Crippen LogP contribution in [0.4, 0.5) is 0 Å². The number of ether oxygens (including phenoxy) is 2. The lowest BCUT2D eigenvalue weighted by Gasteiger charge is -2.10. The molecule has 0 spiro atoms. The van der Waals surface area contributed by atoms with Crippen LogP contribution in [0.25, 0.3) is 33.3 Å². The molecule has 130 valence electrons. The van der Waals surface area contributed by atoms with Gasteiger partial charge < -0.3 is 19.1 Å². The number of benzene rings is 2. The number of para-hydroxylation sites is 1. The van der Waals surface area contributed by atoms with E-state index >= 15 is 0 Å². The Hall–Kier alpha value is -3.61. The lowest BCUT2D eigenvalue weighted by molar-refractivity contribution is -0.595. The molecule has 0 aliphatic heterocycles. The fourth-order valence-electron chi connectivity index (χ4n) is 2.88. The maximum absolute atomic E-state index is 12.5. The molecule has 2 aromatic carbocycles. The summed E-state index contributed by atoms with van der Waals surface area (Å²) in [5.74, 6) is 1.17. The van der Waals surface area contributed by atoms with Crippen molar-refractivity contribution in [3.63, 3.8) is 0 Å². The molecule has 0 fully saturated rings. The minimum atomic E-state index is -0.602. The second-order valence-corrected chi connectivity index (χ2v) is 5.61. The summed E-state index contributed by atoms with van der Waals surface area (Å²) in [5, 5.41) is 13.3. The van der Waals surface area contributed by atoms with Crippen molar-refractivity contribution in [2.45, 2.75) is 0 Å².